The third-order valence-corrected chi connectivity index (χ3v) is 2.67. The summed E-state index contributed by atoms with van der Waals surface area (Å²) in [7, 11) is 1.36. The summed E-state index contributed by atoms with van der Waals surface area (Å²) in [6.45, 7) is 1.37. The van der Waals surface area contributed by atoms with Gasteiger partial charge in [-0.05, 0) is 31.0 Å². The molecule has 0 aliphatic heterocycles. The Morgan fingerprint density at radius 1 is 1.24 bits per heavy atom. The first-order valence-corrected chi connectivity index (χ1v) is 6.39. The zero-order chi connectivity index (χ0) is 15.8. The average molecular weight is 296 g/mol. The van der Waals surface area contributed by atoms with Crippen molar-refractivity contribution in [1.29, 1.82) is 0 Å². The van der Waals surface area contributed by atoms with E-state index in [0.717, 1.165) is 5.56 Å². The van der Waals surface area contributed by atoms with E-state index in [4.69, 9.17) is 4.74 Å². The molecule has 1 atom stereocenters. The van der Waals surface area contributed by atoms with Crippen molar-refractivity contribution in [3.63, 3.8) is 0 Å². The molecule has 0 radical (unpaired) electrons. The highest BCUT2D eigenvalue weighted by Gasteiger charge is 2.19. The number of nitrogens with one attached hydrogen (secondary N) is 2. The molecular formula is C14H17FN2O4. The van der Waals surface area contributed by atoms with Gasteiger partial charge in [0.15, 0.2) is 6.10 Å². The van der Waals surface area contributed by atoms with Crippen molar-refractivity contribution in [2.24, 2.45) is 0 Å². The van der Waals surface area contributed by atoms with Crippen LogP contribution in [0.15, 0.2) is 24.3 Å². The van der Waals surface area contributed by atoms with Crippen LogP contribution in [0, 0.1) is 5.82 Å². The Kier molecular flexibility index (Phi) is 6.32. The number of carbonyl (C=O) groups excluding carboxylic acids is 3. The van der Waals surface area contributed by atoms with Crippen molar-refractivity contribution in [3.8, 4) is 0 Å². The van der Waals surface area contributed by atoms with Crippen LogP contribution in [0.4, 0.5) is 9.18 Å². The van der Waals surface area contributed by atoms with Gasteiger partial charge in [-0.25, -0.2) is 9.18 Å². The number of hydrogen-bond acceptors (Lipinski definition) is 4. The fourth-order valence-corrected chi connectivity index (χ4v) is 1.48. The second-order valence-electron chi connectivity index (χ2n) is 4.33. The molecule has 0 bridgehead atoms. The molecule has 114 valence electrons. The van der Waals surface area contributed by atoms with Crippen LogP contribution in [0.3, 0.4) is 0 Å². The lowest BCUT2D eigenvalue weighted by molar-refractivity contribution is -0.154. The van der Waals surface area contributed by atoms with Crippen LogP contribution in [-0.4, -0.2) is 31.1 Å². The number of hydrogen-bond donors (Lipinski definition) is 2. The predicted molar refractivity (Wildman–Crippen MR) is 72.9 cm³/mol. The highest BCUT2D eigenvalue weighted by Crippen LogP contribution is 2.06. The number of amides is 3. The molecule has 0 aliphatic rings. The van der Waals surface area contributed by atoms with E-state index in [9.17, 15) is 18.8 Å². The van der Waals surface area contributed by atoms with Crippen molar-refractivity contribution in [2.45, 2.75) is 25.9 Å². The molecule has 0 aliphatic carbocycles. The van der Waals surface area contributed by atoms with Crippen LogP contribution in [-0.2, 0) is 20.7 Å². The number of halogens is 1. The van der Waals surface area contributed by atoms with Crippen molar-refractivity contribution in [3.05, 3.63) is 35.6 Å². The van der Waals surface area contributed by atoms with Gasteiger partial charge < -0.3 is 10.1 Å². The first-order valence-electron chi connectivity index (χ1n) is 6.39. The summed E-state index contributed by atoms with van der Waals surface area (Å²) in [5, 5.41) is 4.22. The molecular weight excluding hydrogens is 279 g/mol. The molecule has 1 rings (SSSR count). The molecule has 6 nitrogen and oxygen atoms in total. The van der Waals surface area contributed by atoms with E-state index < -0.39 is 24.0 Å². The van der Waals surface area contributed by atoms with E-state index in [1.54, 1.807) is 12.1 Å². The van der Waals surface area contributed by atoms with Gasteiger partial charge in [0.25, 0.3) is 5.91 Å². The standard InChI is InChI=1S/C14H17FN2O4/c1-9(13(19)17-14(20)16-2)21-12(18)8-5-10-3-6-11(15)7-4-10/h3-4,6-7,9H,5,8H2,1-2H3,(H2,16,17,19,20)/t9-/m1/s1. The Morgan fingerprint density at radius 2 is 1.86 bits per heavy atom. The molecule has 21 heavy (non-hydrogen) atoms. The van der Waals surface area contributed by atoms with Crippen molar-refractivity contribution >= 4 is 17.9 Å². The molecule has 2 N–H and O–H groups in total. The summed E-state index contributed by atoms with van der Waals surface area (Å²) in [6, 6.07) is 5.09. The highest BCUT2D eigenvalue weighted by molar-refractivity contribution is 5.96. The Labute approximate surface area is 121 Å². The zero-order valence-corrected chi connectivity index (χ0v) is 11.8. The lowest BCUT2D eigenvalue weighted by Crippen LogP contribution is -2.43. The fraction of sp³-hybridized carbons (Fsp3) is 0.357. The molecule has 0 heterocycles. The predicted octanol–water partition coefficient (Wildman–Crippen LogP) is 1.15. The monoisotopic (exact) mass is 296 g/mol. The zero-order valence-electron chi connectivity index (χ0n) is 11.8. The minimum atomic E-state index is -1.07. The summed E-state index contributed by atoms with van der Waals surface area (Å²) in [5.74, 6) is -1.62. The molecule has 7 heteroatoms. The van der Waals surface area contributed by atoms with Crippen LogP contribution in [0.25, 0.3) is 0 Å². The number of aryl methyl sites for hydroxylation is 1. The topological polar surface area (TPSA) is 84.5 Å². The van der Waals surface area contributed by atoms with Gasteiger partial charge in [-0.1, -0.05) is 12.1 Å². The normalized spacial score (nSPS) is 11.4. The first-order chi connectivity index (χ1) is 9.92. The third-order valence-electron chi connectivity index (χ3n) is 2.67. The van der Waals surface area contributed by atoms with Crippen LogP contribution in [0.1, 0.15) is 18.9 Å². The number of ether oxygens (including phenoxy) is 1. The number of benzene rings is 1. The van der Waals surface area contributed by atoms with E-state index in [1.165, 1.54) is 26.1 Å². The second kappa shape index (κ2) is 7.98. The number of urea groups is 1. The lowest BCUT2D eigenvalue weighted by Gasteiger charge is -2.12. The average Bonchev–Trinajstić information content (AvgIpc) is 2.46. The van der Waals surface area contributed by atoms with Gasteiger partial charge in [-0.2, -0.15) is 0 Å². The molecule has 0 fully saturated rings. The Balaban J connectivity index is 2.37. The Morgan fingerprint density at radius 3 is 2.43 bits per heavy atom. The van der Waals surface area contributed by atoms with Crippen molar-refractivity contribution in [1.82, 2.24) is 10.6 Å². The number of esters is 1. The molecule has 1 aromatic rings. The summed E-state index contributed by atoms with van der Waals surface area (Å²) >= 11 is 0. The van der Waals surface area contributed by atoms with Gasteiger partial charge >= 0.3 is 12.0 Å². The summed E-state index contributed by atoms with van der Waals surface area (Å²) in [6.07, 6.45) is -0.630. The summed E-state index contributed by atoms with van der Waals surface area (Å²) in [5.41, 5.74) is 0.788. The maximum atomic E-state index is 12.7. The van der Waals surface area contributed by atoms with Gasteiger partial charge in [0, 0.05) is 13.5 Å². The third kappa shape index (κ3) is 6.03. The Bertz CT molecular complexity index is 516. The van der Waals surface area contributed by atoms with Gasteiger partial charge in [-0.3, -0.25) is 14.9 Å². The lowest BCUT2D eigenvalue weighted by atomic mass is 10.1. The quantitative estimate of drug-likeness (QED) is 0.798. The molecule has 0 spiro atoms. The van der Waals surface area contributed by atoms with Crippen molar-refractivity contribution < 1.29 is 23.5 Å². The van der Waals surface area contributed by atoms with Gasteiger partial charge in [-0.15, -0.1) is 0 Å². The molecule has 3 amide bonds. The number of carbonyl (C=O) groups is 3. The van der Waals surface area contributed by atoms with Crippen LogP contribution in [0.5, 0.6) is 0 Å². The molecule has 0 aromatic heterocycles. The van der Waals surface area contributed by atoms with E-state index in [2.05, 4.69) is 5.32 Å². The minimum Gasteiger partial charge on any atom is -0.453 e. The van der Waals surface area contributed by atoms with Gasteiger partial charge in [0.1, 0.15) is 5.82 Å². The molecule has 0 saturated heterocycles. The van der Waals surface area contributed by atoms with E-state index in [1.807, 2.05) is 5.32 Å². The summed E-state index contributed by atoms with van der Waals surface area (Å²) in [4.78, 5) is 34.0. The Hall–Kier alpha value is -2.44. The first kappa shape index (κ1) is 16.6. The van der Waals surface area contributed by atoms with Crippen LogP contribution >= 0.6 is 0 Å². The molecule has 0 unspecified atom stereocenters. The smallest absolute Gasteiger partial charge is 0.321 e. The SMILES string of the molecule is CNC(=O)NC(=O)[C@@H](C)OC(=O)CCc1ccc(F)cc1. The van der Waals surface area contributed by atoms with Crippen molar-refractivity contribution in [2.75, 3.05) is 7.05 Å². The highest BCUT2D eigenvalue weighted by atomic mass is 19.1. The number of imide groups is 1. The largest absolute Gasteiger partial charge is 0.453 e. The summed E-state index contributed by atoms with van der Waals surface area (Å²) < 4.78 is 17.6. The second-order valence-corrected chi connectivity index (χ2v) is 4.33. The molecule has 1 aromatic carbocycles. The minimum absolute atomic E-state index is 0.0588. The van der Waals surface area contributed by atoms with Gasteiger partial charge in [0.05, 0.1) is 0 Å². The maximum absolute atomic E-state index is 12.7. The van der Waals surface area contributed by atoms with E-state index >= 15 is 0 Å². The van der Waals surface area contributed by atoms with Crippen LogP contribution < -0.4 is 10.6 Å². The van der Waals surface area contributed by atoms with E-state index in [0.29, 0.717) is 6.42 Å². The van der Waals surface area contributed by atoms with Crippen LogP contribution in [0.2, 0.25) is 0 Å². The maximum Gasteiger partial charge on any atom is 0.321 e. The fourth-order valence-electron chi connectivity index (χ4n) is 1.48. The van der Waals surface area contributed by atoms with Gasteiger partial charge in [0.2, 0.25) is 0 Å². The van der Waals surface area contributed by atoms with E-state index in [-0.39, 0.29) is 12.2 Å². The number of rotatable bonds is 5. The molecule has 0 saturated carbocycles.